The third kappa shape index (κ3) is 4.13. The fourth-order valence-electron chi connectivity index (χ4n) is 2.77. The van der Waals surface area contributed by atoms with E-state index < -0.39 is 11.7 Å². The number of aromatic nitrogens is 1. The SMILES string of the molecule is CCOc1cc(C(=O)OCCCn2c(=O)oc3ccccc32)ccc1OC. The molecule has 0 atom stereocenters. The minimum atomic E-state index is -0.456. The van der Waals surface area contributed by atoms with Crippen LogP contribution in [0.5, 0.6) is 11.5 Å². The molecule has 0 aliphatic heterocycles. The number of ether oxygens (including phenoxy) is 3. The molecule has 142 valence electrons. The van der Waals surface area contributed by atoms with Crippen molar-refractivity contribution in [1.29, 1.82) is 0 Å². The van der Waals surface area contributed by atoms with Crippen molar-refractivity contribution in [3.63, 3.8) is 0 Å². The van der Waals surface area contributed by atoms with Crippen LogP contribution in [-0.4, -0.2) is 30.9 Å². The first-order valence-corrected chi connectivity index (χ1v) is 8.70. The Kier molecular flexibility index (Phi) is 5.80. The van der Waals surface area contributed by atoms with Crippen LogP contribution in [0, 0.1) is 0 Å². The molecule has 3 rings (SSSR count). The molecule has 0 amide bonds. The lowest BCUT2D eigenvalue weighted by Crippen LogP contribution is -2.16. The number of methoxy groups -OCH3 is 1. The maximum Gasteiger partial charge on any atom is 0.419 e. The highest BCUT2D eigenvalue weighted by Gasteiger charge is 2.13. The summed E-state index contributed by atoms with van der Waals surface area (Å²) < 4.78 is 22.7. The number of rotatable bonds is 8. The second kappa shape index (κ2) is 8.44. The van der Waals surface area contributed by atoms with Crippen molar-refractivity contribution in [2.24, 2.45) is 0 Å². The van der Waals surface area contributed by atoms with Crippen LogP contribution in [0.25, 0.3) is 11.1 Å². The molecular formula is C20H21NO6. The van der Waals surface area contributed by atoms with Crippen LogP contribution in [-0.2, 0) is 11.3 Å². The molecule has 0 spiro atoms. The number of benzene rings is 2. The minimum Gasteiger partial charge on any atom is -0.493 e. The standard InChI is InChI=1S/C20H21NO6/c1-3-25-18-13-14(9-10-17(18)24-2)19(22)26-12-6-11-21-15-7-4-5-8-16(15)27-20(21)23/h4-5,7-10,13H,3,6,11-12H2,1-2H3. The van der Waals surface area contributed by atoms with E-state index in [-0.39, 0.29) is 6.61 Å². The van der Waals surface area contributed by atoms with Crippen LogP contribution < -0.4 is 15.2 Å². The van der Waals surface area contributed by atoms with Crippen LogP contribution in [0.4, 0.5) is 0 Å². The number of carbonyl (C=O) groups excluding carboxylic acids is 1. The molecule has 7 heteroatoms. The van der Waals surface area contributed by atoms with Gasteiger partial charge in [-0.25, -0.2) is 9.59 Å². The summed E-state index contributed by atoms with van der Waals surface area (Å²) in [6, 6.07) is 12.1. The third-order valence-electron chi connectivity index (χ3n) is 4.03. The second-order valence-corrected chi connectivity index (χ2v) is 5.78. The smallest absolute Gasteiger partial charge is 0.419 e. The highest BCUT2D eigenvalue weighted by Crippen LogP contribution is 2.28. The van der Waals surface area contributed by atoms with E-state index in [0.29, 0.717) is 42.2 Å². The molecule has 0 aliphatic carbocycles. The van der Waals surface area contributed by atoms with Gasteiger partial charge in [-0.2, -0.15) is 0 Å². The summed E-state index contributed by atoms with van der Waals surface area (Å²) in [5.74, 6) is 0.174. The molecule has 0 aliphatic rings. The Morgan fingerprint density at radius 3 is 2.74 bits per heavy atom. The van der Waals surface area contributed by atoms with Gasteiger partial charge in [0.25, 0.3) is 0 Å². The van der Waals surface area contributed by atoms with Gasteiger partial charge in [-0.3, -0.25) is 4.57 Å². The van der Waals surface area contributed by atoms with Crippen LogP contribution in [0.1, 0.15) is 23.7 Å². The van der Waals surface area contributed by atoms with E-state index in [2.05, 4.69) is 0 Å². The summed E-state index contributed by atoms with van der Waals surface area (Å²) in [4.78, 5) is 24.1. The number of hydrogen-bond donors (Lipinski definition) is 0. The van der Waals surface area contributed by atoms with Crippen molar-refractivity contribution in [3.8, 4) is 11.5 Å². The lowest BCUT2D eigenvalue weighted by Gasteiger charge is -2.11. The zero-order valence-electron chi connectivity index (χ0n) is 15.3. The van der Waals surface area contributed by atoms with E-state index >= 15 is 0 Å². The molecule has 7 nitrogen and oxygen atoms in total. The molecule has 0 bridgehead atoms. The Morgan fingerprint density at radius 2 is 1.96 bits per heavy atom. The summed E-state index contributed by atoms with van der Waals surface area (Å²) in [6.07, 6.45) is 0.490. The number of nitrogens with zero attached hydrogens (tertiary/aromatic N) is 1. The van der Waals surface area contributed by atoms with E-state index in [1.165, 1.54) is 11.7 Å². The van der Waals surface area contributed by atoms with Gasteiger partial charge in [0.05, 0.1) is 31.4 Å². The number of carbonyl (C=O) groups is 1. The van der Waals surface area contributed by atoms with Crippen molar-refractivity contribution in [2.45, 2.75) is 19.9 Å². The summed E-state index contributed by atoms with van der Waals surface area (Å²) in [5, 5.41) is 0. The van der Waals surface area contributed by atoms with Crippen molar-refractivity contribution in [3.05, 3.63) is 58.6 Å². The predicted molar refractivity (Wildman–Crippen MR) is 99.5 cm³/mol. The van der Waals surface area contributed by atoms with Crippen LogP contribution in [0.15, 0.2) is 51.7 Å². The lowest BCUT2D eigenvalue weighted by molar-refractivity contribution is 0.0495. The minimum absolute atomic E-state index is 0.181. The van der Waals surface area contributed by atoms with Crippen molar-refractivity contribution >= 4 is 17.1 Å². The molecule has 27 heavy (non-hydrogen) atoms. The fraction of sp³-hybridized carbons (Fsp3) is 0.300. The average Bonchev–Trinajstić information content (AvgIpc) is 3.00. The van der Waals surface area contributed by atoms with E-state index in [1.807, 2.05) is 25.1 Å². The Hall–Kier alpha value is -3.22. The van der Waals surface area contributed by atoms with E-state index in [0.717, 1.165) is 5.52 Å². The summed E-state index contributed by atoms with van der Waals surface area (Å²) in [5.41, 5.74) is 1.65. The van der Waals surface area contributed by atoms with Gasteiger partial charge in [0.1, 0.15) is 0 Å². The number of fused-ring (bicyclic) bond motifs is 1. The van der Waals surface area contributed by atoms with E-state index in [9.17, 15) is 9.59 Å². The largest absolute Gasteiger partial charge is 0.493 e. The third-order valence-corrected chi connectivity index (χ3v) is 4.03. The monoisotopic (exact) mass is 371 g/mol. The van der Waals surface area contributed by atoms with Crippen molar-refractivity contribution in [1.82, 2.24) is 4.57 Å². The zero-order valence-corrected chi connectivity index (χ0v) is 15.3. The molecule has 3 aromatic rings. The number of hydrogen-bond acceptors (Lipinski definition) is 6. The quantitative estimate of drug-likeness (QED) is 0.447. The fourth-order valence-corrected chi connectivity index (χ4v) is 2.77. The Balaban J connectivity index is 1.59. The topological polar surface area (TPSA) is 79.9 Å². The Bertz CT molecular complexity index is 988. The molecule has 0 saturated carbocycles. The van der Waals surface area contributed by atoms with Gasteiger partial charge in [0, 0.05) is 6.54 Å². The molecule has 2 aromatic carbocycles. The highest BCUT2D eigenvalue weighted by atomic mass is 16.5. The van der Waals surface area contributed by atoms with Gasteiger partial charge in [-0.1, -0.05) is 12.1 Å². The van der Waals surface area contributed by atoms with Gasteiger partial charge < -0.3 is 18.6 Å². The van der Waals surface area contributed by atoms with E-state index in [4.69, 9.17) is 18.6 Å². The maximum atomic E-state index is 12.2. The first-order valence-electron chi connectivity index (χ1n) is 8.70. The first kappa shape index (κ1) is 18.6. The van der Waals surface area contributed by atoms with Crippen LogP contribution in [0.3, 0.4) is 0 Å². The highest BCUT2D eigenvalue weighted by molar-refractivity contribution is 5.90. The lowest BCUT2D eigenvalue weighted by atomic mass is 10.2. The number of oxazole rings is 1. The van der Waals surface area contributed by atoms with Gasteiger partial charge in [-0.05, 0) is 43.7 Å². The van der Waals surface area contributed by atoms with Gasteiger partial charge in [0.15, 0.2) is 17.1 Å². The first-order chi connectivity index (χ1) is 13.1. The van der Waals surface area contributed by atoms with E-state index in [1.54, 1.807) is 24.3 Å². The van der Waals surface area contributed by atoms with Gasteiger partial charge in [0.2, 0.25) is 0 Å². The Morgan fingerprint density at radius 1 is 1.15 bits per heavy atom. The molecule has 0 fully saturated rings. The molecule has 0 N–H and O–H groups in total. The maximum absolute atomic E-state index is 12.2. The van der Waals surface area contributed by atoms with Gasteiger partial charge >= 0.3 is 11.7 Å². The molecular weight excluding hydrogens is 350 g/mol. The predicted octanol–water partition coefficient (Wildman–Crippen LogP) is 3.25. The zero-order chi connectivity index (χ0) is 19.2. The summed E-state index contributed by atoms with van der Waals surface area (Å²) in [6.45, 7) is 2.89. The normalized spacial score (nSPS) is 10.7. The number of para-hydroxylation sites is 2. The van der Waals surface area contributed by atoms with Gasteiger partial charge in [-0.15, -0.1) is 0 Å². The molecule has 0 radical (unpaired) electrons. The molecule has 1 heterocycles. The second-order valence-electron chi connectivity index (χ2n) is 5.78. The summed E-state index contributed by atoms with van der Waals surface area (Å²) >= 11 is 0. The summed E-state index contributed by atoms with van der Waals surface area (Å²) in [7, 11) is 1.54. The van der Waals surface area contributed by atoms with Crippen molar-refractivity contribution < 1.29 is 23.4 Å². The van der Waals surface area contributed by atoms with Crippen molar-refractivity contribution in [2.75, 3.05) is 20.3 Å². The Labute approximate surface area is 156 Å². The van der Waals surface area contributed by atoms with Crippen LogP contribution >= 0.6 is 0 Å². The molecule has 1 aromatic heterocycles. The molecule has 0 unspecified atom stereocenters. The molecule has 0 saturated heterocycles. The number of esters is 1. The average molecular weight is 371 g/mol. The van der Waals surface area contributed by atoms with Crippen LogP contribution in [0.2, 0.25) is 0 Å². The number of aryl methyl sites for hydroxylation is 1.